The van der Waals surface area contributed by atoms with Crippen LogP contribution in [0.5, 0.6) is 0 Å². The molecule has 0 saturated heterocycles. The molecule has 0 spiro atoms. The van der Waals surface area contributed by atoms with E-state index < -0.39 is 0 Å². The van der Waals surface area contributed by atoms with Crippen LogP contribution in [0.1, 0.15) is 25.3 Å². The van der Waals surface area contributed by atoms with Crippen molar-refractivity contribution >= 4 is 11.1 Å². The van der Waals surface area contributed by atoms with Gasteiger partial charge in [-0.15, -0.1) is 0 Å². The molecule has 0 bridgehead atoms. The molecular formula is C14H21N3O. The number of hydrogen-bond acceptors (Lipinski definition) is 4. The van der Waals surface area contributed by atoms with E-state index in [0.29, 0.717) is 12.4 Å². The van der Waals surface area contributed by atoms with Crippen molar-refractivity contribution in [3.05, 3.63) is 29.7 Å². The van der Waals surface area contributed by atoms with E-state index in [4.69, 9.17) is 10.2 Å². The first-order valence-electron chi connectivity index (χ1n) is 6.27. The van der Waals surface area contributed by atoms with Gasteiger partial charge < -0.3 is 15.5 Å². The van der Waals surface area contributed by atoms with Gasteiger partial charge in [0, 0.05) is 20.0 Å². The van der Waals surface area contributed by atoms with Gasteiger partial charge in [0.15, 0.2) is 11.5 Å². The van der Waals surface area contributed by atoms with Gasteiger partial charge in [0.2, 0.25) is 0 Å². The van der Waals surface area contributed by atoms with Gasteiger partial charge in [-0.1, -0.05) is 19.9 Å². The highest BCUT2D eigenvalue weighted by Crippen LogP contribution is 2.17. The van der Waals surface area contributed by atoms with Gasteiger partial charge in [-0.25, -0.2) is 4.98 Å². The Morgan fingerprint density at radius 1 is 1.39 bits per heavy atom. The lowest BCUT2D eigenvalue weighted by Crippen LogP contribution is -2.35. The Morgan fingerprint density at radius 2 is 2.17 bits per heavy atom. The highest BCUT2D eigenvalue weighted by atomic mass is 16.3. The van der Waals surface area contributed by atoms with Crippen molar-refractivity contribution in [2.45, 2.75) is 27.3 Å². The number of fused-ring (bicyclic) bond motifs is 1. The van der Waals surface area contributed by atoms with E-state index in [1.807, 2.05) is 13.0 Å². The first-order chi connectivity index (χ1) is 8.50. The largest absolute Gasteiger partial charge is 0.441 e. The van der Waals surface area contributed by atoms with E-state index in [0.717, 1.165) is 24.2 Å². The third-order valence-corrected chi connectivity index (χ3v) is 3.04. The molecule has 0 radical (unpaired) electrons. The van der Waals surface area contributed by atoms with Gasteiger partial charge >= 0.3 is 0 Å². The van der Waals surface area contributed by atoms with Gasteiger partial charge in [0.1, 0.15) is 5.52 Å². The van der Waals surface area contributed by atoms with Crippen molar-refractivity contribution in [1.29, 1.82) is 0 Å². The number of nitrogens with two attached hydrogens (primary N) is 1. The van der Waals surface area contributed by atoms with Crippen molar-refractivity contribution in [2.75, 3.05) is 13.1 Å². The highest BCUT2D eigenvalue weighted by molar-refractivity contribution is 5.73. The van der Waals surface area contributed by atoms with Crippen LogP contribution in [0.4, 0.5) is 0 Å². The minimum atomic E-state index is 0.134. The van der Waals surface area contributed by atoms with Crippen molar-refractivity contribution in [2.24, 2.45) is 11.1 Å². The number of hydrogen-bond donors (Lipinski definition) is 2. The van der Waals surface area contributed by atoms with Gasteiger partial charge in [0.05, 0.1) is 0 Å². The molecule has 0 saturated carbocycles. The maximum Gasteiger partial charge on any atom is 0.192 e. The normalized spacial score (nSPS) is 12.2. The number of aryl methyl sites for hydroxylation is 1. The van der Waals surface area contributed by atoms with Crippen LogP contribution in [0.15, 0.2) is 22.6 Å². The molecule has 4 nitrogen and oxygen atoms in total. The molecule has 2 rings (SSSR count). The molecule has 18 heavy (non-hydrogen) atoms. The molecule has 3 N–H and O–H groups in total. The van der Waals surface area contributed by atoms with Crippen LogP contribution >= 0.6 is 0 Å². The van der Waals surface area contributed by atoms with Crippen LogP contribution < -0.4 is 11.1 Å². The lowest BCUT2D eigenvalue weighted by molar-refractivity contribution is 0.351. The zero-order chi connectivity index (χ0) is 13.2. The van der Waals surface area contributed by atoms with Gasteiger partial charge in [-0.2, -0.15) is 0 Å². The molecule has 1 heterocycles. The third kappa shape index (κ3) is 3.09. The summed E-state index contributed by atoms with van der Waals surface area (Å²) in [6, 6.07) is 6.10. The van der Waals surface area contributed by atoms with Crippen LogP contribution in [0.2, 0.25) is 0 Å². The molecule has 0 aliphatic carbocycles. The number of rotatable bonds is 5. The summed E-state index contributed by atoms with van der Waals surface area (Å²) in [5.74, 6) is 0.708. The molecule has 98 valence electrons. The molecular weight excluding hydrogens is 226 g/mol. The molecule has 0 fully saturated rings. The highest BCUT2D eigenvalue weighted by Gasteiger charge is 2.14. The fourth-order valence-corrected chi connectivity index (χ4v) is 1.82. The van der Waals surface area contributed by atoms with Gasteiger partial charge in [-0.05, 0) is 29.7 Å². The van der Waals surface area contributed by atoms with Crippen molar-refractivity contribution in [3.63, 3.8) is 0 Å². The Kier molecular flexibility index (Phi) is 3.68. The molecule has 0 amide bonds. The Bertz CT molecular complexity index is 531. The molecule has 0 aliphatic rings. The smallest absolute Gasteiger partial charge is 0.192 e. The zero-order valence-electron chi connectivity index (χ0n) is 11.3. The summed E-state index contributed by atoms with van der Waals surface area (Å²) in [5.41, 5.74) is 8.81. The molecule has 0 atom stereocenters. The Balaban J connectivity index is 1.99. The van der Waals surface area contributed by atoms with Crippen LogP contribution in [0.25, 0.3) is 11.1 Å². The lowest BCUT2D eigenvalue weighted by atomic mass is 9.94. The average molecular weight is 247 g/mol. The second kappa shape index (κ2) is 5.08. The van der Waals surface area contributed by atoms with E-state index in [2.05, 4.69) is 36.3 Å². The minimum absolute atomic E-state index is 0.134. The first-order valence-corrected chi connectivity index (χ1v) is 6.27. The lowest BCUT2D eigenvalue weighted by Gasteiger charge is -2.22. The molecule has 4 heteroatoms. The predicted octanol–water partition coefficient (Wildman–Crippen LogP) is 2.21. The molecule has 1 aromatic heterocycles. The predicted molar refractivity (Wildman–Crippen MR) is 73.3 cm³/mol. The Hall–Kier alpha value is -1.39. The van der Waals surface area contributed by atoms with Crippen molar-refractivity contribution in [3.8, 4) is 0 Å². The van der Waals surface area contributed by atoms with E-state index >= 15 is 0 Å². The fraction of sp³-hybridized carbons (Fsp3) is 0.500. The summed E-state index contributed by atoms with van der Waals surface area (Å²) >= 11 is 0. The standard InChI is InChI=1S/C14H21N3O/c1-10-17-12-6-11(4-5-13(12)18-10)7-16-9-14(2,3)8-15/h4-6,16H,7-9,15H2,1-3H3. The number of aromatic nitrogens is 1. The topological polar surface area (TPSA) is 64.1 Å². The number of oxazole rings is 1. The second-order valence-corrected chi connectivity index (χ2v) is 5.51. The van der Waals surface area contributed by atoms with Crippen LogP contribution in [0, 0.1) is 12.3 Å². The van der Waals surface area contributed by atoms with Crippen LogP contribution in [-0.4, -0.2) is 18.1 Å². The summed E-state index contributed by atoms with van der Waals surface area (Å²) < 4.78 is 5.45. The third-order valence-electron chi connectivity index (χ3n) is 3.04. The van der Waals surface area contributed by atoms with E-state index in [1.54, 1.807) is 0 Å². The second-order valence-electron chi connectivity index (χ2n) is 5.51. The number of nitrogens with one attached hydrogen (secondary N) is 1. The first kappa shape index (κ1) is 13.1. The molecule has 0 unspecified atom stereocenters. The summed E-state index contributed by atoms with van der Waals surface area (Å²) in [6.45, 7) is 8.59. The number of benzene rings is 1. The molecule has 1 aromatic carbocycles. The van der Waals surface area contributed by atoms with Crippen molar-refractivity contribution < 1.29 is 4.42 Å². The SMILES string of the molecule is Cc1nc2cc(CNCC(C)(C)CN)ccc2o1. The molecule has 2 aromatic rings. The maximum absolute atomic E-state index is 5.70. The summed E-state index contributed by atoms with van der Waals surface area (Å²) in [6.07, 6.45) is 0. The van der Waals surface area contributed by atoms with Gasteiger partial charge in [0.25, 0.3) is 0 Å². The maximum atomic E-state index is 5.70. The Labute approximate surface area is 108 Å². The Morgan fingerprint density at radius 3 is 2.89 bits per heavy atom. The van der Waals surface area contributed by atoms with E-state index in [-0.39, 0.29) is 5.41 Å². The van der Waals surface area contributed by atoms with Crippen LogP contribution in [0.3, 0.4) is 0 Å². The number of nitrogens with zero attached hydrogens (tertiary/aromatic N) is 1. The summed E-state index contributed by atoms with van der Waals surface area (Å²) in [5, 5.41) is 3.43. The minimum Gasteiger partial charge on any atom is -0.441 e. The van der Waals surface area contributed by atoms with Crippen LogP contribution in [-0.2, 0) is 6.54 Å². The quantitative estimate of drug-likeness (QED) is 0.850. The summed E-state index contributed by atoms with van der Waals surface area (Å²) in [4.78, 5) is 4.33. The average Bonchev–Trinajstić information content (AvgIpc) is 2.68. The fourth-order valence-electron chi connectivity index (χ4n) is 1.82. The zero-order valence-corrected chi connectivity index (χ0v) is 11.3. The summed E-state index contributed by atoms with van der Waals surface area (Å²) in [7, 11) is 0. The van der Waals surface area contributed by atoms with E-state index in [1.165, 1.54) is 5.56 Å². The van der Waals surface area contributed by atoms with E-state index in [9.17, 15) is 0 Å². The van der Waals surface area contributed by atoms with Crippen molar-refractivity contribution in [1.82, 2.24) is 10.3 Å². The van der Waals surface area contributed by atoms with Gasteiger partial charge in [-0.3, -0.25) is 0 Å². The molecule has 0 aliphatic heterocycles. The monoisotopic (exact) mass is 247 g/mol.